The van der Waals surface area contributed by atoms with E-state index in [-0.39, 0.29) is 12.0 Å². The van der Waals surface area contributed by atoms with Crippen LogP contribution in [0, 0.1) is 0 Å². The van der Waals surface area contributed by atoms with Gasteiger partial charge in [-0.3, -0.25) is 9.59 Å². The Kier molecular flexibility index (Phi) is 3.27. The molecule has 0 spiro atoms. The monoisotopic (exact) mass is 309 g/mol. The van der Waals surface area contributed by atoms with Crippen molar-refractivity contribution in [1.29, 1.82) is 0 Å². The lowest BCUT2D eigenvalue weighted by Gasteiger charge is -2.03. The molecule has 0 saturated heterocycles. The van der Waals surface area contributed by atoms with Crippen molar-refractivity contribution in [2.75, 3.05) is 0 Å². The molecule has 1 aromatic rings. The molecule has 0 atom stereocenters. The summed E-state index contributed by atoms with van der Waals surface area (Å²) in [5, 5.41) is 8.49. The first-order valence-corrected chi connectivity index (χ1v) is 4.86. The Morgan fingerprint density at radius 1 is 1.38 bits per heavy atom. The maximum Gasteiger partial charge on any atom is 0.323 e. The smallest absolute Gasteiger partial charge is 0.323 e. The molecule has 0 aliphatic carbocycles. The molecule has 1 heterocycles. The van der Waals surface area contributed by atoms with Gasteiger partial charge in [0.2, 0.25) is 5.43 Å². The number of carbonyl (C=O) groups is 1. The van der Waals surface area contributed by atoms with Crippen LogP contribution in [-0.4, -0.2) is 15.6 Å². The fourth-order valence-corrected chi connectivity index (χ4v) is 2.03. The zero-order chi connectivity index (χ0) is 10.0. The van der Waals surface area contributed by atoms with Crippen molar-refractivity contribution in [2.45, 2.75) is 6.54 Å². The first kappa shape index (κ1) is 10.5. The molecule has 0 fully saturated rings. The molecule has 0 amide bonds. The summed E-state index contributed by atoms with van der Waals surface area (Å²) in [6.45, 7) is -0.169. The zero-order valence-corrected chi connectivity index (χ0v) is 9.50. The average molecular weight is 311 g/mol. The highest BCUT2D eigenvalue weighted by molar-refractivity contribution is 9.11. The van der Waals surface area contributed by atoms with Gasteiger partial charge in [0.15, 0.2) is 0 Å². The highest BCUT2D eigenvalue weighted by atomic mass is 79.9. The number of halogens is 2. The van der Waals surface area contributed by atoms with E-state index in [1.54, 1.807) is 0 Å². The maximum atomic E-state index is 11.2. The van der Waals surface area contributed by atoms with E-state index in [9.17, 15) is 9.59 Å². The Morgan fingerprint density at radius 3 is 2.23 bits per heavy atom. The van der Waals surface area contributed by atoms with Gasteiger partial charge in [-0.1, -0.05) is 0 Å². The van der Waals surface area contributed by atoms with Gasteiger partial charge in [0.25, 0.3) is 0 Å². The van der Waals surface area contributed by atoms with Crippen LogP contribution in [0.5, 0.6) is 0 Å². The van der Waals surface area contributed by atoms with Crippen LogP contribution in [0.1, 0.15) is 0 Å². The number of hydrogen-bond donors (Lipinski definition) is 1. The van der Waals surface area contributed by atoms with Crippen molar-refractivity contribution in [3.63, 3.8) is 0 Å². The van der Waals surface area contributed by atoms with Crippen LogP contribution in [0.25, 0.3) is 0 Å². The highest BCUT2D eigenvalue weighted by Gasteiger charge is 2.04. The maximum absolute atomic E-state index is 11.2. The number of aromatic nitrogens is 1. The normalized spacial score (nSPS) is 10.0. The molecule has 0 unspecified atom stereocenters. The van der Waals surface area contributed by atoms with Crippen LogP contribution < -0.4 is 5.43 Å². The third kappa shape index (κ3) is 2.67. The summed E-state index contributed by atoms with van der Waals surface area (Å²) in [7, 11) is 0. The molecular weight excluding hydrogens is 306 g/mol. The predicted octanol–water partition coefficient (Wildman–Crippen LogP) is 1.46. The standard InChI is InChI=1S/C7H5Br2NO3/c8-4-1-10(3-6(11)12)2-5(9)7(4)13/h1-2H,3H2,(H,11,12). The number of nitrogens with zero attached hydrogens (tertiary/aromatic N) is 1. The average Bonchev–Trinajstić information content (AvgIpc) is 1.98. The minimum atomic E-state index is -0.956. The van der Waals surface area contributed by atoms with Gasteiger partial charge in [0.1, 0.15) is 6.54 Å². The first-order chi connectivity index (χ1) is 6.00. The van der Waals surface area contributed by atoms with E-state index in [1.807, 2.05) is 0 Å². The molecule has 4 nitrogen and oxygen atoms in total. The van der Waals surface area contributed by atoms with Gasteiger partial charge in [-0.05, 0) is 31.9 Å². The molecule has 0 aliphatic rings. The lowest BCUT2D eigenvalue weighted by Crippen LogP contribution is -2.13. The highest BCUT2D eigenvalue weighted by Crippen LogP contribution is 2.09. The van der Waals surface area contributed by atoms with Gasteiger partial charge in [-0.25, -0.2) is 0 Å². The number of hydrogen-bond acceptors (Lipinski definition) is 2. The third-order valence-corrected chi connectivity index (χ3v) is 2.44. The molecule has 0 saturated carbocycles. The van der Waals surface area contributed by atoms with Crippen LogP contribution in [0.3, 0.4) is 0 Å². The van der Waals surface area contributed by atoms with Crippen molar-refractivity contribution in [3.8, 4) is 0 Å². The lowest BCUT2D eigenvalue weighted by molar-refractivity contribution is -0.137. The quantitative estimate of drug-likeness (QED) is 0.899. The summed E-state index contributed by atoms with van der Waals surface area (Å²) in [6.07, 6.45) is 2.86. The second kappa shape index (κ2) is 4.06. The lowest BCUT2D eigenvalue weighted by atomic mass is 10.4. The number of pyridine rings is 1. The predicted molar refractivity (Wildman–Crippen MR) is 53.7 cm³/mol. The molecule has 0 aromatic carbocycles. The number of carboxylic acid groups (broad SMARTS) is 1. The van der Waals surface area contributed by atoms with E-state index in [1.165, 1.54) is 17.0 Å². The second-order valence-corrected chi connectivity index (χ2v) is 4.06. The van der Waals surface area contributed by atoms with Crippen molar-refractivity contribution < 1.29 is 9.90 Å². The van der Waals surface area contributed by atoms with Crippen LogP contribution in [0.4, 0.5) is 0 Å². The van der Waals surface area contributed by atoms with Gasteiger partial charge in [0, 0.05) is 12.4 Å². The number of rotatable bonds is 2. The van der Waals surface area contributed by atoms with Gasteiger partial charge in [0.05, 0.1) is 8.95 Å². The zero-order valence-electron chi connectivity index (χ0n) is 6.33. The number of carboxylic acids is 1. The molecule has 1 N–H and O–H groups in total. The Bertz CT molecular complexity index is 373. The fourth-order valence-electron chi connectivity index (χ4n) is 0.807. The first-order valence-electron chi connectivity index (χ1n) is 3.27. The Labute approximate surface area is 90.4 Å². The summed E-state index contributed by atoms with van der Waals surface area (Å²) >= 11 is 6.06. The van der Waals surface area contributed by atoms with Crippen molar-refractivity contribution in [1.82, 2.24) is 4.57 Å². The van der Waals surface area contributed by atoms with Gasteiger partial charge >= 0.3 is 5.97 Å². The second-order valence-electron chi connectivity index (χ2n) is 2.35. The minimum Gasteiger partial charge on any atom is -0.480 e. The summed E-state index contributed by atoms with van der Waals surface area (Å²) in [6, 6.07) is 0. The van der Waals surface area contributed by atoms with E-state index >= 15 is 0 Å². The van der Waals surface area contributed by atoms with Crippen molar-refractivity contribution in [2.24, 2.45) is 0 Å². The van der Waals surface area contributed by atoms with Gasteiger partial charge in [-0.2, -0.15) is 0 Å². The van der Waals surface area contributed by atoms with E-state index in [4.69, 9.17) is 5.11 Å². The van der Waals surface area contributed by atoms with E-state index < -0.39 is 5.97 Å². The molecule has 1 rings (SSSR count). The SMILES string of the molecule is O=C(O)Cn1cc(Br)c(=O)c(Br)c1. The van der Waals surface area contributed by atoms with Crippen LogP contribution in [0.15, 0.2) is 26.1 Å². The van der Waals surface area contributed by atoms with Crippen LogP contribution in [0.2, 0.25) is 0 Å². The van der Waals surface area contributed by atoms with Crippen molar-refractivity contribution >= 4 is 37.8 Å². The van der Waals surface area contributed by atoms with Crippen LogP contribution in [-0.2, 0) is 11.3 Å². The Balaban J connectivity index is 3.13. The minimum absolute atomic E-state index is 0.169. The third-order valence-electron chi connectivity index (χ3n) is 1.31. The summed E-state index contributed by atoms with van der Waals surface area (Å²) < 4.78 is 2.07. The van der Waals surface area contributed by atoms with Gasteiger partial charge < -0.3 is 9.67 Å². The molecule has 0 aliphatic heterocycles. The van der Waals surface area contributed by atoms with E-state index in [2.05, 4.69) is 31.9 Å². The molecule has 6 heteroatoms. The molecule has 13 heavy (non-hydrogen) atoms. The van der Waals surface area contributed by atoms with Crippen molar-refractivity contribution in [3.05, 3.63) is 31.6 Å². The van der Waals surface area contributed by atoms with E-state index in [0.717, 1.165) is 0 Å². The summed E-state index contributed by atoms with van der Waals surface area (Å²) in [4.78, 5) is 21.5. The Hall–Kier alpha value is -0.620. The topological polar surface area (TPSA) is 59.3 Å². The number of aliphatic carboxylic acids is 1. The molecule has 70 valence electrons. The van der Waals surface area contributed by atoms with Crippen LogP contribution >= 0.6 is 31.9 Å². The molecular formula is C7H5Br2NO3. The molecule has 0 bridgehead atoms. The Morgan fingerprint density at radius 2 is 1.85 bits per heavy atom. The summed E-state index contributed by atoms with van der Waals surface area (Å²) in [5.41, 5.74) is -0.193. The molecule has 0 radical (unpaired) electrons. The van der Waals surface area contributed by atoms with E-state index in [0.29, 0.717) is 8.95 Å². The van der Waals surface area contributed by atoms with Gasteiger partial charge in [-0.15, -0.1) is 0 Å². The summed E-state index contributed by atoms with van der Waals surface area (Å²) in [5.74, 6) is -0.956. The largest absolute Gasteiger partial charge is 0.480 e. The molecule has 1 aromatic heterocycles. The fraction of sp³-hybridized carbons (Fsp3) is 0.143.